The van der Waals surface area contributed by atoms with Crippen LogP contribution in [0.4, 0.5) is 0 Å². The maximum atomic E-state index is 13.9. The van der Waals surface area contributed by atoms with Gasteiger partial charge in [0.2, 0.25) is 0 Å². The van der Waals surface area contributed by atoms with Gasteiger partial charge in [0.15, 0.2) is 27.8 Å². The molecule has 2 heterocycles. The van der Waals surface area contributed by atoms with Crippen LogP contribution in [0.15, 0.2) is 57.5 Å². The van der Waals surface area contributed by atoms with Crippen molar-refractivity contribution >= 4 is 23.4 Å². The minimum Gasteiger partial charge on any atom is -0.493 e. The standard InChI is InChI=1S/C29H32N2O7S/c1-7-36-22-14-18(10-12-20(22)34-5)15-24-27(32)31-26(19-11-13-21(35-6)23(16-19)37-8-2)25(28(33)38-9-3)17(4)30-29(31)39-24/h10-16,26H,7-9H2,1-6H3. The molecule has 0 radical (unpaired) electrons. The number of nitrogens with zero attached hydrogens (tertiary/aromatic N) is 2. The van der Waals surface area contributed by atoms with E-state index in [1.807, 2.05) is 32.0 Å². The maximum absolute atomic E-state index is 13.9. The molecular formula is C29H32N2O7S. The molecule has 10 heteroatoms. The Hall–Kier alpha value is -4.05. The molecule has 1 aliphatic heterocycles. The van der Waals surface area contributed by atoms with E-state index >= 15 is 0 Å². The Kier molecular flexibility index (Phi) is 8.75. The zero-order valence-electron chi connectivity index (χ0n) is 22.9. The zero-order chi connectivity index (χ0) is 28.1. The van der Waals surface area contributed by atoms with Crippen molar-refractivity contribution < 1.29 is 28.5 Å². The number of fused-ring (bicyclic) bond motifs is 1. The third kappa shape index (κ3) is 5.56. The fourth-order valence-electron chi connectivity index (χ4n) is 4.44. The Morgan fingerprint density at radius 3 is 2.21 bits per heavy atom. The number of methoxy groups -OCH3 is 2. The molecule has 1 aliphatic rings. The molecule has 0 spiro atoms. The molecule has 0 N–H and O–H groups in total. The Labute approximate surface area is 230 Å². The van der Waals surface area contributed by atoms with Crippen molar-refractivity contribution in [2.75, 3.05) is 34.0 Å². The van der Waals surface area contributed by atoms with Crippen molar-refractivity contribution in [3.8, 4) is 23.0 Å². The first-order valence-electron chi connectivity index (χ1n) is 12.7. The van der Waals surface area contributed by atoms with E-state index in [9.17, 15) is 9.59 Å². The number of carbonyl (C=O) groups excluding carboxylic acids is 1. The first kappa shape index (κ1) is 28.0. The Balaban J connectivity index is 1.93. The second-order valence-corrected chi connectivity index (χ2v) is 9.50. The van der Waals surface area contributed by atoms with Crippen LogP contribution in [0.25, 0.3) is 6.08 Å². The first-order chi connectivity index (χ1) is 18.9. The molecule has 0 saturated heterocycles. The van der Waals surface area contributed by atoms with Crippen LogP contribution >= 0.6 is 11.3 Å². The Morgan fingerprint density at radius 2 is 1.59 bits per heavy atom. The van der Waals surface area contributed by atoms with Gasteiger partial charge in [-0.2, -0.15) is 0 Å². The minimum absolute atomic E-state index is 0.194. The van der Waals surface area contributed by atoms with Gasteiger partial charge >= 0.3 is 5.97 Å². The summed E-state index contributed by atoms with van der Waals surface area (Å²) in [5.41, 5.74) is 1.95. The number of thiazole rings is 1. The van der Waals surface area contributed by atoms with Crippen molar-refractivity contribution in [3.05, 3.63) is 78.5 Å². The molecule has 0 aliphatic carbocycles. The van der Waals surface area contributed by atoms with Gasteiger partial charge in [-0.15, -0.1) is 0 Å². The van der Waals surface area contributed by atoms with Gasteiger partial charge in [-0.3, -0.25) is 9.36 Å². The molecule has 1 atom stereocenters. The van der Waals surface area contributed by atoms with E-state index < -0.39 is 12.0 Å². The second kappa shape index (κ2) is 12.2. The molecule has 9 nitrogen and oxygen atoms in total. The number of carbonyl (C=O) groups is 1. The maximum Gasteiger partial charge on any atom is 0.338 e. The van der Waals surface area contributed by atoms with Crippen molar-refractivity contribution in [1.82, 2.24) is 4.57 Å². The van der Waals surface area contributed by atoms with Gasteiger partial charge in [0.25, 0.3) is 5.56 Å². The Bertz CT molecular complexity index is 1590. The molecule has 1 unspecified atom stereocenters. The monoisotopic (exact) mass is 552 g/mol. The summed E-state index contributed by atoms with van der Waals surface area (Å²) in [4.78, 5) is 32.2. The molecule has 39 heavy (non-hydrogen) atoms. The molecule has 1 aromatic heterocycles. The molecule has 0 bridgehead atoms. The van der Waals surface area contributed by atoms with Crippen molar-refractivity contribution in [2.24, 2.45) is 4.99 Å². The van der Waals surface area contributed by atoms with Crippen LogP contribution in [0, 0.1) is 0 Å². The molecular weight excluding hydrogens is 520 g/mol. The van der Waals surface area contributed by atoms with Crippen LogP contribution in [0.3, 0.4) is 0 Å². The highest BCUT2D eigenvalue weighted by Gasteiger charge is 2.34. The van der Waals surface area contributed by atoms with Gasteiger partial charge in [-0.1, -0.05) is 23.5 Å². The van der Waals surface area contributed by atoms with Crippen molar-refractivity contribution in [2.45, 2.75) is 33.7 Å². The van der Waals surface area contributed by atoms with Crippen LogP contribution in [0.1, 0.15) is 44.9 Å². The fraction of sp³-hybridized carbons (Fsp3) is 0.345. The number of benzene rings is 2. The van der Waals surface area contributed by atoms with E-state index in [0.717, 1.165) is 5.56 Å². The fourth-order valence-corrected chi connectivity index (χ4v) is 5.49. The van der Waals surface area contributed by atoms with Crippen molar-refractivity contribution in [1.29, 1.82) is 0 Å². The number of hydrogen-bond donors (Lipinski definition) is 0. The number of hydrogen-bond acceptors (Lipinski definition) is 9. The summed E-state index contributed by atoms with van der Waals surface area (Å²) in [6.07, 6.45) is 1.78. The van der Waals surface area contributed by atoms with Crippen molar-refractivity contribution in [3.63, 3.8) is 0 Å². The summed E-state index contributed by atoms with van der Waals surface area (Å²) in [5.74, 6) is 1.73. The van der Waals surface area contributed by atoms with Crippen LogP contribution in [-0.4, -0.2) is 44.6 Å². The van der Waals surface area contributed by atoms with Gasteiger partial charge in [0.1, 0.15) is 0 Å². The predicted octanol–water partition coefficient (Wildman–Crippen LogP) is 3.61. The summed E-state index contributed by atoms with van der Waals surface area (Å²) in [6.45, 7) is 8.35. The molecule has 3 aromatic rings. The smallest absolute Gasteiger partial charge is 0.338 e. The van der Waals surface area contributed by atoms with Crippen LogP contribution < -0.4 is 33.8 Å². The van der Waals surface area contributed by atoms with Gasteiger partial charge in [0.05, 0.1) is 55.9 Å². The van der Waals surface area contributed by atoms with Crippen LogP contribution in [0.5, 0.6) is 23.0 Å². The van der Waals surface area contributed by atoms with Gasteiger partial charge in [-0.05, 0) is 69.2 Å². The van der Waals surface area contributed by atoms with E-state index in [1.54, 1.807) is 56.9 Å². The quantitative estimate of drug-likeness (QED) is 0.355. The van der Waals surface area contributed by atoms with Crippen LogP contribution in [0.2, 0.25) is 0 Å². The third-order valence-corrected chi connectivity index (χ3v) is 7.09. The molecule has 0 fully saturated rings. The highest BCUT2D eigenvalue weighted by Crippen LogP contribution is 2.36. The highest BCUT2D eigenvalue weighted by atomic mass is 32.1. The summed E-state index contributed by atoms with van der Waals surface area (Å²) >= 11 is 1.25. The normalized spacial score (nSPS) is 14.9. The lowest BCUT2D eigenvalue weighted by Crippen LogP contribution is -2.40. The predicted molar refractivity (Wildman–Crippen MR) is 149 cm³/mol. The molecule has 0 saturated carbocycles. The summed E-state index contributed by atoms with van der Waals surface area (Å²) in [7, 11) is 3.14. The number of aromatic nitrogens is 1. The number of ether oxygens (including phenoxy) is 5. The first-order valence-corrected chi connectivity index (χ1v) is 13.5. The van der Waals surface area contributed by atoms with Gasteiger partial charge in [-0.25, -0.2) is 9.79 Å². The topological polar surface area (TPSA) is 97.6 Å². The number of allylic oxidation sites excluding steroid dienone is 1. The summed E-state index contributed by atoms with van der Waals surface area (Å²) in [6, 6.07) is 10.1. The van der Waals surface area contributed by atoms with Crippen LogP contribution in [-0.2, 0) is 9.53 Å². The number of esters is 1. The lowest BCUT2D eigenvalue weighted by molar-refractivity contribution is -0.139. The average molecular weight is 553 g/mol. The molecule has 2 aromatic carbocycles. The minimum atomic E-state index is -0.762. The SMILES string of the molecule is CCOC(=O)C1=C(C)N=c2sc(=Cc3ccc(OC)c(OCC)c3)c(=O)n2C1c1ccc(OC)c(OCC)c1. The van der Waals surface area contributed by atoms with E-state index in [2.05, 4.69) is 4.99 Å². The molecule has 206 valence electrons. The van der Waals surface area contributed by atoms with E-state index in [4.69, 9.17) is 23.7 Å². The summed E-state index contributed by atoms with van der Waals surface area (Å²) < 4.78 is 29.7. The van der Waals surface area contributed by atoms with E-state index in [1.165, 1.54) is 11.3 Å². The zero-order valence-corrected chi connectivity index (χ0v) is 23.7. The van der Waals surface area contributed by atoms with E-state index in [0.29, 0.717) is 62.4 Å². The lowest BCUT2D eigenvalue weighted by atomic mass is 9.95. The van der Waals surface area contributed by atoms with Gasteiger partial charge < -0.3 is 23.7 Å². The summed E-state index contributed by atoms with van der Waals surface area (Å²) in [5, 5.41) is 0. The second-order valence-electron chi connectivity index (χ2n) is 8.49. The number of rotatable bonds is 10. The average Bonchev–Trinajstić information content (AvgIpc) is 3.22. The Morgan fingerprint density at radius 1 is 0.949 bits per heavy atom. The largest absolute Gasteiger partial charge is 0.493 e. The van der Waals surface area contributed by atoms with Gasteiger partial charge in [0, 0.05) is 0 Å². The van der Waals surface area contributed by atoms with E-state index in [-0.39, 0.29) is 12.2 Å². The molecule has 0 amide bonds. The third-order valence-electron chi connectivity index (χ3n) is 6.11. The molecule has 4 rings (SSSR count). The lowest BCUT2D eigenvalue weighted by Gasteiger charge is -2.25. The highest BCUT2D eigenvalue weighted by molar-refractivity contribution is 7.07.